The maximum Gasteiger partial charge on any atom is 0.217 e. The summed E-state index contributed by atoms with van der Waals surface area (Å²) in [4.78, 5) is 20.8. The molecule has 2 fully saturated rings. The number of hydrogen-bond acceptors (Lipinski definition) is 5. The fourth-order valence-corrected chi connectivity index (χ4v) is 4.19. The Balaban J connectivity index is 1.34. The lowest BCUT2D eigenvalue weighted by atomic mass is 9.92. The van der Waals surface area contributed by atoms with E-state index in [0.717, 1.165) is 42.5 Å². The number of hydrogen-bond donors (Lipinski definition) is 1. The van der Waals surface area contributed by atoms with E-state index in [1.807, 2.05) is 31.2 Å². The second-order valence-corrected chi connectivity index (χ2v) is 8.52. The minimum Gasteiger partial charge on any atom is -0.489 e. The Hall–Kier alpha value is -2.76. The van der Waals surface area contributed by atoms with Crippen LogP contribution in [0.15, 0.2) is 42.5 Å². The summed E-state index contributed by atoms with van der Waals surface area (Å²) in [6, 6.07) is 15.0. The van der Waals surface area contributed by atoms with Gasteiger partial charge in [-0.25, -0.2) is 4.98 Å². The van der Waals surface area contributed by atoms with Crippen molar-refractivity contribution in [3.05, 3.63) is 48.0 Å². The van der Waals surface area contributed by atoms with E-state index in [-0.39, 0.29) is 18.1 Å². The van der Waals surface area contributed by atoms with Crippen LogP contribution in [-0.4, -0.2) is 43.2 Å². The predicted molar refractivity (Wildman–Crippen MR) is 120 cm³/mol. The van der Waals surface area contributed by atoms with Crippen molar-refractivity contribution >= 4 is 17.5 Å². The van der Waals surface area contributed by atoms with E-state index in [1.165, 1.54) is 26.2 Å². The number of anilines is 2. The average Bonchev–Trinajstić information content (AvgIpc) is 3.15. The van der Waals surface area contributed by atoms with Crippen molar-refractivity contribution in [2.45, 2.75) is 57.7 Å². The fraction of sp³-hybridized carbons (Fsp3) is 0.500. The fourth-order valence-electron chi connectivity index (χ4n) is 4.19. The van der Waals surface area contributed by atoms with Crippen molar-refractivity contribution in [3.8, 4) is 5.75 Å². The molecule has 2 aliphatic rings. The molecule has 1 N–H and O–H groups in total. The lowest BCUT2D eigenvalue weighted by molar-refractivity contribution is -0.119. The molecule has 1 aromatic carbocycles. The van der Waals surface area contributed by atoms with Gasteiger partial charge in [0.05, 0.1) is 12.6 Å². The first-order valence-corrected chi connectivity index (χ1v) is 11.0. The van der Waals surface area contributed by atoms with Gasteiger partial charge in [0, 0.05) is 33.0 Å². The molecule has 1 aliphatic carbocycles. The van der Waals surface area contributed by atoms with Crippen LogP contribution >= 0.6 is 0 Å². The lowest BCUT2D eigenvalue weighted by Crippen LogP contribution is -2.37. The van der Waals surface area contributed by atoms with E-state index in [0.29, 0.717) is 6.04 Å². The van der Waals surface area contributed by atoms with E-state index in [4.69, 9.17) is 9.72 Å². The lowest BCUT2D eigenvalue weighted by Gasteiger charge is -2.35. The number of amides is 1. The second kappa shape index (κ2) is 8.94. The molecule has 0 unspecified atom stereocenters. The highest BCUT2D eigenvalue weighted by atomic mass is 16.5. The van der Waals surface area contributed by atoms with Gasteiger partial charge in [0.1, 0.15) is 23.5 Å². The SMILES string of the molecule is CC(=O)N[C@@H](C)c1ccc(O[C@@H]2CCN(c3cccc(N(C)C4CCC4)n3)C2)cc1. The molecule has 1 aliphatic heterocycles. The van der Waals surface area contributed by atoms with Crippen LogP contribution in [0.3, 0.4) is 0 Å². The summed E-state index contributed by atoms with van der Waals surface area (Å²) >= 11 is 0. The van der Waals surface area contributed by atoms with Crippen molar-refractivity contribution < 1.29 is 9.53 Å². The molecule has 1 saturated carbocycles. The zero-order valence-electron chi connectivity index (χ0n) is 18.2. The van der Waals surface area contributed by atoms with Gasteiger partial charge in [-0.05, 0) is 56.0 Å². The molecule has 2 heterocycles. The van der Waals surface area contributed by atoms with Crippen molar-refractivity contribution in [3.63, 3.8) is 0 Å². The molecular formula is C24H32N4O2. The Morgan fingerprint density at radius 1 is 1.20 bits per heavy atom. The van der Waals surface area contributed by atoms with Gasteiger partial charge >= 0.3 is 0 Å². The van der Waals surface area contributed by atoms with Gasteiger partial charge < -0.3 is 19.9 Å². The molecule has 160 valence electrons. The molecule has 1 aromatic heterocycles. The molecule has 1 amide bonds. The molecular weight excluding hydrogens is 376 g/mol. The number of rotatable bonds is 7. The first-order valence-electron chi connectivity index (χ1n) is 11.0. The molecule has 0 spiro atoms. The Morgan fingerprint density at radius 3 is 2.63 bits per heavy atom. The summed E-state index contributed by atoms with van der Waals surface area (Å²) in [5.41, 5.74) is 1.07. The molecule has 0 bridgehead atoms. The van der Waals surface area contributed by atoms with Gasteiger partial charge in [-0.1, -0.05) is 18.2 Å². The topological polar surface area (TPSA) is 57.7 Å². The summed E-state index contributed by atoms with van der Waals surface area (Å²) in [5.74, 6) is 2.94. The van der Waals surface area contributed by atoms with Crippen LogP contribution in [-0.2, 0) is 4.79 Å². The number of ether oxygens (including phenoxy) is 1. The van der Waals surface area contributed by atoms with Gasteiger partial charge in [-0.15, -0.1) is 0 Å². The third kappa shape index (κ3) is 4.69. The Kier molecular flexibility index (Phi) is 6.11. The van der Waals surface area contributed by atoms with Crippen LogP contribution in [0.5, 0.6) is 5.75 Å². The second-order valence-electron chi connectivity index (χ2n) is 8.52. The summed E-state index contributed by atoms with van der Waals surface area (Å²) < 4.78 is 6.22. The zero-order chi connectivity index (χ0) is 21.1. The maximum atomic E-state index is 11.2. The number of pyridine rings is 1. The normalized spacial score (nSPS) is 19.8. The largest absolute Gasteiger partial charge is 0.489 e. The van der Waals surface area contributed by atoms with Gasteiger partial charge in [0.25, 0.3) is 0 Å². The van der Waals surface area contributed by atoms with E-state index < -0.39 is 0 Å². The summed E-state index contributed by atoms with van der Waals surface area (Å²) in [5, 5.41) is 2.91. The van der Waals surface area contributed by atoms with Gasteiger partial charge in [0.2, 0.25) is 5.91 Å². The average molecular weight is 409 g/mol. The number of nitrogens with zero attached hydrogens (tertiary/aromatic N) is 3. The molecule has 2 aromatic rings. The molecule has 0 radical (unpaired) electrons. The Morgan fingerprint density at radius 2 is 1.97 bits per heavy atom. The van der Waals surface area contributed by atoms with Crippen molar-refractivity contribution in [2.24, 2.45) is 0 Å². The molecule has 30 heavy (non-hydrogen) atoms. The van der Waals surface area contributed by atoms with E-state index >= 15 is 0 Å². The summed E-state index contributed by atoms with van der Waals surface area (Å²) in [6.45, 7) is 5.31. The predicted octanol–water partition coefficient (Wildman–Crippen LogP) is 3.93. The molecule has 6 heteroatoms. The maximum absolute atomic E-state index is 11.2. The minimum absolute atomic E-state index is 0.00469. The number of benzene rings is 1. The highest BCUT2D eigenvalue weighted by molar-refractivity contribution is 5.73. The number of nitrogens with one attached hydrogen (secondary N) is 1. The van der Waals surface area contributed by atoms with Gasteiger partial charge in [-0.2, -0.15) is 0 Å². The van der Waals surface area contributed by atoms with Crippen LogP contribution in [0.25, 0.3) is 0 Å². The van der Waals surface area contributed by atoms with Gasteiger partial charge in [-0.3, -0.25) is 4.79 Å². The third-order valence-electron chi connectivity index (χ3n) is 6.28. The summed E-state index contributed by atoms with van der Waals surface area (Å²) in [7, 11) is 2.16. The Labute approximate surface area is 179 Å². The van der Waals surface area contributed by atoms with E-state index in [1.54, 1.807) is 0 Å². The molecule has 1 saturated heterocycles. The van der Waals surface area contributed by atoms with Crippen LogP contribution in [0.2, 0.25) is 0 Å². The van der Waals surface area contributed by atoms with E-state index in [2.05, 4.69) is 40.4 Å². The Bertz CT molecular complexity index is 866. The standard InChI is InChI=1S/C24H32N4O2/c1-17(25-18(2)29)19-10-12-21(13-11-19)30-22-14-15-28(16-22)24-9-5-8-23(26-24)27(3)20-6-4-7-20/h5,8-13,17,20,22H,4,6-7,14-16H2,1-3H3,(H,25,29)/t17-,22+/m0/s1. The number of aromatic nitrogens is 1. The van der Waals surface area contributed by atoms with Crippen LogP contribution in [0.1, 0.15) is 51.1 Å². The van der Waals surface area contributed by atoms with Crippen LogP contribution < -0.4 is 19.9 Å². The number of carbonyl (C=O) groups is 1. The molecule has 4 rings (SSSR count). The highest BCUT2D eigenvalue weighted by Gasteiger charge is 2.27. The quantitative estimate of drug-likeness (QED) is 0.752. The van der Waals surface area contributed by atoms with Crippen LogP contribution in [0.4, 0.5) is 11.6 Å². The first kappa shape index (κ1) is 20.5. The zero-order valence-corrected chi connectivity index (χ0v) is 18.2. The van der Waals surface area contributed by atoms with E-state index in [9.17, 15) is 4.79 Å². The van der Waals surface area contributed by atoms with Crippen molar-refractivity contribution in [1.29, 1.82) is 0 Å². The van der Waals surface area contributed by atoms with Crippen LogP contribution in [0, 0.1) is 0 Å². The van der Waals surface area contributed by atoms with Crippen molar-refractivity contribution in [2.75, 3.05) is 29.9 Å². The minimum atomic E-state index is -0.0227. The monoisotopic (exact) mass is 408 g/mol. The van der Waals surface area contributed by atoms with Gasteiger partial charge in [0.15, 0.2) is 0 Å². The number of carbonyl (C=O) groups excluding carboxylic acids is 1. The first-order chi connectivity index (χ1) is 14.5. The van der Waals surface area contributed by atoms with Crippen molar-refractivity contribution in [1.82, 2.24) is 10.3 Å². The highest BCUT2D eigenvalue weighted by Crippen LogP contribution is 2.29. The summed E-state index contributed by atoms with van der Waals surface area (Å²) in [6.07, 6.45) is 4.99. The smallest absolute Gasteiger partial charge is 0.217 e. The third-order valence-corrected chi connectivity index (χ3v) is 6.28. The molecule has 2 atom stereocenters. The molecule has 6 nitrogen and oxygen atoms in total.